The molecule has 1 fully saturated rings. The molecule has 0 aromatic heterocycles. The maximum Gasteiger partial charge on any atom is 0.207 e. The lowest BCUT2D eigenvalue weighted by molar-refractivity contribution is -0.112. The highest BCUT2D eigenvalue weighted by atomic mass is 16.1. The van der Waals surface area contributed by atoms with Crippen LogP contribution in [-0.2, 0) is 16.9 Å². The van der Waals surface area contributed by atoms with Crippen molar-refractivity contribution in [3.05, 3.63) is 71.8 Å². The highest BCUT2D eigenvalue weighted by Gasteiger charge is 2.35. The number of nitrogens with zero attached hydrogens (tertiary/aromatic N) is 1. The van der Waals surface area contributed by atoms with Gasteiger partial charge in [-0.05, 0) is 24.0 Å². The maximum absolute atomic E-state index is 11.1. The number of piperidine rings is 1. The van der Waals surface area contributed by atoms with Gasteiger partial charge in [-0.1, -0.05) is 60.7 Å². The molecule has 22 heavy (non-hydrogen) atoms. The normalized spacial score (nSPS) is 17.8. The van der Waals surface area contributed by atoms with Gasteiger partial charge in [-0.25, -0.2) is 0 Å². The van der Waals surface area contributed by atoms with E-state index in [0.717, 1.165) is 38.9 Å². The lowest BCUT2D eigenvalue weighted by Gasteiger charge is -2.42. The van der Waals surface area contributed by atoms with Crippen LogP contribution in [0.1, 0.15) is 24.0 Å². The summed E-state index contributed by atoms with van der Waals surface area (Å²) in [5.41, 5.74) is 2.34. The smallest absolute Gasteiger partial charge is 0.207 e. The largest absolute Gasteiger partial charge is 0.349 e. The summed E-state index contributed by atoms with van der Waals surface area (Å²) >= 11 is 0. The fourth-order valence-corrected chi connectivity index (χ4v) is 3.32. The molecule has 1 heterocycles. The summed E-state index contributed by atoms with van der Waals surface area (Å²) in [5.74, 6) is 0. The van der Waals surface area contributed by atoms with E-state index < -0.39 is 0 Å². The second-order valence-corrected chi connectivity index (χ2v) is 5.97. The van der Waals surface area contributed by atoms with Crippen molar-refractivity contribution in [1.29, 1.82) is 0 Å². The molecule has 2 aromatic carbocycles. The first kappa shape index (κ1) is 14.8. The summed E-state index contributed by atoms with van der Waals surface area (Å²) in [6.45, 7) is 2.96. The van der Waals surface area contributed by atoms with Crippen LogP contribution in [-0.4, -0.2) is 24.4 Å². The van der Waals surface area contributed by atoms with Crippen molar-refractivity contribution in [2.45, 2.75) is 24.9 Å². The summed E-state index contributed by atoms with van der Waals surface area (Å²) < 4.78 is 0. The molecule has 1 N–H and O–H groups in total. The second kappa shape index (κ2) is 6.75. The molecule has 1 aliphatic rings. The van der Waals surface area contributed by atoms with E-state index in [1.165, 1.54) is 11.1 Å². The minimum absolute atomic E-state index is 0.212. The molecular weight excluding hydrogens is 272 g/mol. The molecule has 3 heteroatoms. The van der Waals surface area contributed by atoms with Crippen LogP contribution in [0.15, 0.2) is 60.7 Å². The van der Waals surface area contributed by atoms with Gasteiger partial charge >= 0.3 is 0 Å². The van der Waals surface area contributed by atoms with Crippen molar-refractivity contribution in [2.75, 3.05) is 13.1 Å². The summed E-state index contributed by atoms with van der Waals surface area (Å²) in [6, 6.07) is 20.9. The van der Waals surface area contributed by atoms with Crippen LogP contribution in [0.25, 0.3) is 0 Å². The minimum atomic E-state index is -0.212. The minimum Gasteiger partial charge on any atom is -0.349 e. The Bertz CT molecular complexity index is 589. The Balaban J connectivity index is 1.69. The van der Waals surface area contributed by atoms with Gasteiger partial charge in [-0.3, -0.25) is 9.69 Å². The molecule has 0 atom stereocenters. The predicted molar refractivity (Wildman–Crippen MR) is 88.3 cm³/mol. The van der Waals surface area contributed by atoms with Crippen molar-refractivity contribution >= 4 is 6.41 Å². The number of likely N-dealkylation sites (tertiary alicyclic amines) is 1. The van der Waals surface area contributed by atoms with E-state index in [0.29, 0.717) is 0 Å². The van der Waals surface area contributed by atoms with Gasteiger partial charge in [0.05, 0.1) is 5.54 Å². The Hall–Kier alpha value is -2.13. The van der Waals surface area contributed by atoms with Gasteiger partial charge < -0.3 is 5.32 Å². The lowest BCUT2D eigenvalue weighted by Crippen LogP contribution is -2.50. The molecule has 0 aliphatic carbocycles. The van der Waals surface area contributed by atoms with Gasteiger partial charge in [0.1, 0.15) is 0 Å². The highest BCUT2D eigenvalue weighted by molar-refractivity contribution is 5.50. The number of rotatable bonds is 5. The maximum atomic E-state index is 11.1. The van der Waals surface area contributed by atoms with Crippen molar-refractivity contribution in [3.8, 4) is 0 Å². The fourth-order valence-electron chi connectivity index (χ4n) is 3.32. The summed E-state index contributed by atoms with van der Waals surface area (Å²) in [7, 11) is 0. The van der Waals surface area contributed by atoms with E-state index in [2.05, 4.69) is 46.6 Å². The molecule has 1 amide bonds. The fraction of sp³-hybridized carbons (Fsp3) is 0.316. The van der Waals surface area contributed by atoms with Crippen LogP contribution in [0.3, 0.4) is 0 Å². The van der Waals surface area contributed by atoms with Gasteiger partial charge in [0.2, 0.25) is 6.41 Å². The third kappa shape index (κ3) is 3.20. The van der Waals surface area contributed by atoms with Crippen LogP contribution < -0.4 is 5.32 Å². The third-order valence-electron chi connectivity index (χ3n) is 4.62. The first-order valence-electron chi connectivity index (χ1n) is 7.86. The van der Waals surface area contributed by atoms with Crippen LogP contribution in [0.2, 0.25) is 0 Å². The second-order valence-electron chi connectivity index (χ2n) is 5.97. The van der Waals surface area contributed by atoms with Crippen LogP contribution in [0, 0.1) is 0 Å². The zero-order valence-corrected chi connectivity index (χ0v) is 12.7. The van der Waals surface area contributed by atoms with Crippen LogP contribution in [0.4, 0.5) is 0 Å². The number of carbonyl (C=O) groups is 1. The Kier molecular flexibility index (Phi) is 4.54. The molecule has 114 valence electrons. The van der Waals surface area contributed by atoms with Crippen molar-refractivity contribution in [1.82, 2.24) is 10.2 Å². The van der Waals surface area contributed by atoms with E-state index in [4.69, 9.17) is 0 Å². The molecule has 3 rings (SSSR count). The van der Waals surface area contributed by atoms with E-state index in [1.807, 2.05) is 24.3 Å². The monoisotopic (exact) mass is 294 g/mol. The number of carbonyl (C=O) groups excluding carboxylic acids is 1. The van der Waals surface area contributed by atoms with E-state index >= 15 is 0 Å². The average molecular weight is 294 g/mol. The quantitative estimate of drug-likeness (QED) is 0.860. The Labute approximate surface area is 132 Å². The molecule has 3 nitrogen and oxygen atoms in total. The molecule has 0 unspecified atom stereocenters. The zero-order chi connectivity index (χ0) is 15.3. The van der Waals surface area contributed by atoms with Gasteiger partial charge in [-0.2, -0.15) is 0 Å². The van der Waals surface area contributed by atoms with E-state index in [1.54, 1.807) is 0 Å². The van der Waals surface area contributed by atoms with Gasteiger partial charge in [-0.15, -0.1) is 0 Å². The van der Waals surface area contributed by atoms with Crippen molar-refractivity contribution in [3.63, 3.8) is 0 Å². The van der Waals surface area contributed by atoms with Gasteiger partial charge in [0, 0.05) is 19.6 Å². The summed E-state index contributed by atoms with van der Waals surface area (Å²) in [6.07, 6.45) is 2.74. The Morgan fingerprint density at radius 2 is 1.55 bits per heavy atom. The molecular formula is C19H22N2O. The molecule has 0 radical (unpaired) electrons. The third-order valence-corrected chi connectivity index (χ3v) is 4.62. The van der Waals surface area contributed by atoms with Crippen molar-refractivity contribution < 1.29 is 4.79 Å². The van der Waals surface area contributed by atoms with Crippen LogP contribution in [0.5, 0.6) is 0 Å². The SMILES string of the molecule is O=CNC1(c2ccccc2)CCN(Cc2ccccc2)CC1. The van der Waals surface area contributed by atoms with E-state index in [9.17, 15) is 4.79 Å². The molecule has 1 saturated heterocycles. The lowest BCUT2D eigenvalue weighted by atomic mass is 9.81. The van der Waals surface area contributed by atoms with Gasteiger partial charge in [0.25, 0.3) is 0 Å². The first-order chi connectivity index (χ1) is 10.8. The number of nitrogens with one attached hydrogen (secondary N) is 1. The van der Waals surface area contributed by atoms with E-state index in [-0.39, 0.29) is 5.54 Å². The first-order valence-corrected chi connectivity index (χ1v) is 7.86. The number of hydrogen-bond donors (Lipinski definition) is 1. The number of amides is 1. The molecule has 0 bridgehead atoms. The molecule has 0 spiro atoms. The highest BCUT2D eigenvalue weighted by Crippen LogP contribution is 2.33. The molecule has 0 saturated carbocycles. The topological polar surface area (TPSA) is 32.3 Å². The summed E-state index contributed by atoms with van der Waals surface area (Å²) in [4.78, 5) is 13.6. The number of benzene rings is 2. The molecule has 2 aromatic rings. The Morgan fingerprint density at radius 1 is 0.955 bits per heavy atom. The van der Waals surface area contributed by atoms with Crippen molar-refractivity contribution in [2.24, 2.45) is 0 Å². The standard InChI is InChI=1S/C19H22N2O/c22-16-20-19(18-9-5-2-6-10-18)11-13-21(14-12-19)15-17-7-3-1-4-8-17/h1-10,16H,11-15H2,(H,20,22). The number of hydrogen-bond acceptors (Lipinski definition) is 2. The Morgan fingerprint density at radius 3 is 2.14 bits per heavy atom. The predicted octanol–water partition coefficient (Wildman–Crippen LogP) is 2.92. The zero-order valence-electron chi connectivity index (χ0n) is 12.7. The molecule has 1 aliphatic heterocycles. The van der Waals surface area contributed by atoms with Gasteiger partial charge in [0.15, 0.2) is 0 Å². The van der Waals surface area contributed by atoms with Crippen LogP contribution >= 0.6 is 0 Å². The average Bonchev–Trinajstić information content (AvgIpc) is 2.59. The summed E-state index contributed by atoms with van der Waals surface area (Å²) in [5, 5.41) is 3.09.